The molecule has 168 valence electrons. The van der Waals surface area contributed by atoms with Crippen molar-refractivity contribution < 1.29 is 19.1 Å². The lowest BCUT2D eigenvalue weighted by molar-refractivity contribution is -0.150. The lowest BCUT2D eigenvalue weighted by Gasteiger charge is -2.31. The molecule has 33 heavy (non-hydrogen) atoms. The number of nitrogens with zero attached hydrogens (tertiary/aromatic N) is 1. The van der Waals surface area contributed by atoms with Gasteiger partial charge in [0.2, 0.25) is 0 Å². The van der Waals surface area contributed by atoms with Crippen LogP contribution in [0.2, 0.25) is 0 Å². The van der Waals surface area contributed by atoms with Gasteiger partial charge in [0.25, 0.3) is 0 Å². The minimum absolute atomic E-state index is 0.132. The van der Waals surface area contributed by atoms with E-state index in [1.807, 2.05) is 97.9 Å². The summed E-state index contributed by atoms with van der Waals surface area (Å²) in [7, 11) is 0. The van der Waals surface area contributed by atoms with Gasteiger partial charge in [-0.15, -0.1) is 6.58 Å². The molecule has 5 heteroatoms. The molecular weight excluding hydrogens is 414 g/mol. The van der Waals surface area contributed by atoms with Gasteiger partial charge in [-0.2, -0.15) is 0 Å². The van der Waals surface area contributed by atoms with E-state index in [1.54, 1.807) is 0 Å². The smallest absolute Gasteiger partial charge is 0.411 e. The molecule has 1 amide bonds. The molecule has 1 aliphatic heterocycles. The first-order chi connectivity index (χ1) is 16.0. The number of carbonyl (C=O) groups excluding carboxylic acids is 2. The van der Waals surface area contributed by atoms with Crippen LogP contribution >= 0.6 is 0 Å². The molecule has 0 aromatic heterocycles. The summed E-state index contributed by atoms with van der Waals surface area (Å²) in [6, 6.07) is 27.4. The quantitative estimate of drug-likeness (QED) is 0.318. The zero-order valence-corrected chi connectivity index (χ0v) is 18.6. The Labute approximate surface area is 194 Å². The summed E-state index contributed by atoms with van der Waals surface area (Å²) in [6.45, 7) is 5.95. The van der Waals surface area contributed by atoms with Crippen molar-refractivity contribution in [2.75, 3.05) is 0 Å². The van der Waals surface area contributed by atoms with E-state index < -0.39 is 30.3 Å². The van der Waals surface area contributed by atoms with Gasteiger partial charge in [0, 0.05) is 0 Å². The molecular formula is C28H27NO4. The summed E-state index contributed by atoms with van der Waals surface area (Å²) in [5.41, 5.74) is 3.42. The third-order valence-corrected chi connectivity index (χ3v) is 5.67. The van der Waals surface area contributed by atoms with Gasteiger partial charge in [-0.05, 0) is 30.0 Å². The minimum Gasteiger partial charge on any atom is -0.459 e. The van der Waals surface area contributed by atoms with E-state index in [-0.39, 0.29) is 13.0 Å². The Morgan fingerprint density at radius 1 is 0.939 bits per heavy atom. The highest BCUT2D eigenvalue weighted by Crippen LogP contribution is 2.45. The molecule has 0 spiro atoms. The molecule has 0 saturated carbocycles. The molecule has 3 aromatic rings. The molecule has 1 saturated heterocycles. The molecule has 0 radical (unpaired) electrons. The Hall–Kier alpha value is -3.86. The van der Waals surface area contributed by atoms with Crippen molar-refractivity contribution >= 4 is 12.1 Å². The van der Waals surface area contributed by atoms with E-state index in [2.05, 4.69) is 6.58 Å². The van der Waals surface area contributed by atoms with E-state index in [9.17, 15) is 9.59 Å². The first kappa shape index (κ1) is 22.3. The van der Waals surface area contributed by atoms with Gasteiger partial charge in [0.05, 0.1) is 0 Å². The fourth-order valence-electron chi connectivity index (χ4n) is 4.14. The van der Waals surface area contributed by atoms with Gasteiger partial charge >= 0.3 is 12.1 Å². The van der Waals surface area contributed by atoms with E-state index in [0.717, 1.165) is 22.3 Å². The van der Waals surface area contributed by atoms with Crippen LogP contribution in [0.3, 0.4) is 0 Å². The van der Waals surface area contributed by atoms with Gasteiger partial charge in [-0.1, -0.05) is 96.6 Å². The van der Waals surface area contributed by atoms with Crippen LogP contribution in [0.1, 0.15) is 42.2 Å². The monoisotopic (exact) mass is 441 g/mol. The Morgan fingerprint density at radius 3 is 2.06 bits per heavy atom. The molecule has 1 aliphatic rings. The van der Waals surface area contributed by atoms with Crippen molar-refractivity contribution in [2.45, 2.75) is 38.1 Å². The number of cyclic esters (lactones) is 1. The van der Waals surface area contributed by atoms with Crippen LogP contribution in [-0.2, 0) is 20.9 Å². The maximum absolute atomic E-state index is 13.3. The number of ether oxygens (including phenoxy) is 2. The number of rotatable bonds is 8. The maximum atomic E-state index is 13.3. The van der Waals surface area contributed by atoms with Crippen molar-refractivity contribution in [3.63, 3.8) is 0 Å². The Morgan fingerprint density at radius 2 is 1.48 bits per heavy atom. The normalized spacial score (nSPS) is 18.5. The standard InChI is InChI=1S/C28H27NO4/c1-20(2)18-24(27(30)32-19-21-12-6-3-7-13-21)29-25(22-14-8-4-9-15-22)26(33-28(29)31)23-16-10-5-11-17-23/h3-17,24-26H,1,18-19H2,2H3/t24-,25+,26-/m1/s1. The van der Waals surface area contributed by atoms with Crippen LogP contribution in [0.15, 0.2) is 103 Å². The second kappa shape index (κ2) is 10.2. The van der Waals surface area contributed by atoms with Gasteiger partial charge < -0.3 is 9.47 Å². The average molecular weight is 442 g/mol. The zero-order valence-electron chi connectivity index (χ0n) is 18.6. The molecule has 3 atom stereocenters. The SMILES string of the molecule is C=C(C)C[C@H](C(=O)OCc1ccccc1)N1C(=O)O[C@H](c2ccccc2)[C@@H]1c1ccccc1. The predicted octanol–water partition coefficient (Wildman–Crippen LogP) is 6.00. The number of benzene rings is 3. The average Bonchev–Trinajstić information content (AvgIpc) is 3.19. The first-order valence-corrected chi connectivity index (χ1v) is 11.0. The Bertz CT molecular complexity index is 1100. The van der Waals surface area contributed by atoms with Gasteiger partial charge in [0.15, 0.2) is 6.10 Å². The fraction of sp³-hybridized carbons (Fsp3) is 0.214. The molecule has 0 bridgehead atoms. The summed E-state index contributed by atoms with van der Waals surface area (Å²) in [6.07, 6.45) is -0.802. The van der Waals surface area contributed by atoms with Crippen LogP contribution in [0, 0.1) is 0 Å². The number of carbonyl (C=O) groups is 2. The van der Waals surface area contributed by atoms with Crippen LogP contribution in [0.4, 0.5) is 4.79 Å². The minimum atomic E-state index is -0.849. The van der Waals surface area contributed by atoms with E-state index in [0.29, 0.717) is 0 Å². The molecule has 3 aromatic carbocycles. The molecule has 0 aliphatic carbocycles. The van der Waals surface area contributed by atoms with Gasteiger partial charge in [0.1, 0.15) is 18.7 Å². The van der Waals surface area contributed by atoms with E-state index >= 15 is 0 Å². The van der Waals surface area contributed by atoms with Gasteiger partial charge in [-0.25, -0.2) is 9.59 Å². The molecule has 1 fully saturated rings. The molecule has 0 N–H and O–H groups in total. The number of hydrogen-bond acceptors (Lipinski definition) is 4. The Kier molecular flexibility index (Phi) is 6.89. The highest BCUT2D eigenvalue weighted by Gasteiger charge is 2.49. The van der Waals surface area contributed by atoms with Crippen molar-refractivity contribution in [3.05, 3.63) is 120 Å². The van der Waals surface area contributed by atoms with Crippen molar-refractivity contribution in [3.8, 4) is 0 Å². The largest absolute Gasteiger partial charge is 0.459 e. The third kappa shape index (κ3) is 5.14. The topological polar surface area (TPSA) is 55.8 Å². The van der Waals surface area contributed by atoms with Crippen LogP contribution in [0.5, 0.6) is 0 Å². The second-order valence-corrected chi connectivity index (χ2v) is 8.25. The zero-order chi connectivity index (χ0) is 23.2. The molecule has 5 nitrogen and oxygen atoms in total. The number of esters is 1. The lowest BCUT2D eigenvalue weighted by Crippen LogP contribution is -2.44. The fourth-order valence-corrected chi connectivity index (χ4v) is 4.14. The van der Waals surface area contributed by atoms with Crippen molar-refractivity contribution in [1.29, 1.82) is 0 Å². The second-order valence-electron chi connectivity index (χ2n) is 8.25. The maximum Gasteiger partial charge on any atom is 0.411 e. The van der Waals surface area contributed by atoms with E-state index in [1.165, 1.54) is 4.90 Å². The summed E-state index contributed by atoms with van der Waals surface area (Å²) in [5, 5.41) is 0. The summed E-state index contributed by atoms with van der Waals surface area (Å²) >= 11 is 0. The predicted molar refractivity (Wildman–Crippen MR) is 126 cm³/mol. The number of hydrogen-bond donors (Lipinski definition) is 0. The van der Waals surface area contributed by atoms with Crippen molar-refractivity contribution in [1.82, 2.24) is 4.90 Å². The highest BCUT2D eigenvalue weighted by molar-refractivity contribution is 5.83. The summed E-state index contributed by atoms with van der Waals surface area (Å²) in [5.74, 6) is -0.478. The Balaban J connectivity index is 1.68. The van der Waals surface area contributed by atoms with Crippen LogP contribution < -0.4 is 0 Å². The molecule has 0 unspecified atom stereocenters. The molecule has 1 heterocycles. The third-order valence-electron chi connectivity index (χ3n) is 5.67. The van der Waals surface area contributed by atoms with Crippen LogP contribution in [-0.4, -0.2) is 23.0 Å². The van der Waals surface area contributed by atoms with Gasteiger partial charge in [-0.3, -0.25) is 4.90 Å². The summed E-state index contributed by atoms with van der Waals surface area (Å²) in [4.78, 5) is 28.0. The first-order valence-electron chi connectivity index (χ1n) is 11.0. The molecule has 4 rings (SSSR count). The van der Waals surface area contributed by atoms with E-state index in [4.69, 9.17) is 9.47 Å². The number of amides is 1. The lowest BCUT2D eigenvalue weighted by atomic mass is 9.93. The summed E-state index contributed by atoms with van der Waals surface area (Å²) < 4.78 is 11.5. The van der Waals surface area contributed by atoms with Crippen LogP contribution in [0.25, 0.3) is 0 Å². The highest BCUT2D eigenvalue weighted by atomic mass is 16.6. The van der Waals surface area contributed by atoms with Crippen molar-refractivity contribution in [2.24, 2.45) is 0 Å².